The van der Waals surface area contributed by atoms with Crippen LogP contribution in [0, 0.1) is 5.92 Å². The van der Waals surface area contributed by atoms with Crippen LogP contribution < -0.4 is 5.32 Å². The molecule has 3 aromatic rings. The molecule has 1 aliphatic rings. The number of ether oxygens (including phenoxy) is 1. The lowest BCUT2D eigenvalue weighted by molar-refractivity contribution is 0.0930. The Hall–Kier alpha value is -2.17. The van der Waals surface area contributed by atoms with Gasteiger partial charge in [0.2, 0.25) is 0 Å². The van der Waals surface area contributed by atoms with Crippen LogP contribution in [0.2, 0.25) is 0 Å². The Balaban J connectivity index is 1.59. The molecule has 1 N–H and O–H groups in total. The number of amides is 1. The number of rotatable bonds is 5. The molecule has 25 heavy (non-hydrogen) atoms. The Labute approximate surface area is 151 Å². The van der Waals surface area contributed by atoms with Gasteiger partial charge in [-0.1, -0.05) is 42.5 Å². The highest BCUT2D eigenvalue weighted by Crippen LogP contribution is 2.29. The third kappa shape index (κ3) is 3.60. The van der Waals surface area contributed by atoms with E-state index in [4.69, 9.17) is 4.74 Å². The molecule has 2 atom stereocenters. The quantitative estimate of drug-likeness (QED) is 0.717. The Morgan fingerprint density at radius 1 is 1.16 bits per heavy atom. The van der Waals surface area contributed by atoms with Crippen molar-refractivity contribution in [1.82, 2.24) is 5.32 Å². The fourth-order valence-electron chi connectivity index (χ4n) is 3.47. The molecule has 1 aromatic heterocycles. The van der Waals surface area contributed by atoms with Gasteiger partial charge in [-0.2, -0.15) is 0 Å². The van der Waals surface area contributed by atoms with Gasteiger partial charge < -0.3 is 10.1 Å². The summed E-state index contributed by atoms with van der Waals surface area (Å²) in [7, 11) is 0. The molecule has 2 unspecified atom stereocenters. The Bertz CT molecular complexity index is 852. The van der Waals surface area contributed by atoms with E-state index in [9.17, 15) is 4.79 Å². The van der Waals surface area contributed by atoms with Crippen LogP contribution in [0.25, 0.3) is 10.1 Å². The molecule has 0 saturated carbocycles. The first-order valence-electron chi connectivity index (χ1n) is 8.71. The zero-order chi connectivity index (χ0) is 17.1. The normalized spacial score (nSPS) is 18.3. The first-order chi connectivity index (χ1) is 12.3. The maximum Gasteiger partial charge on any atom is 0.253 e. The molecule has 128 valence electrons. The average molecular weight is 351 g/mol. The molecular weight excluding hydrogens is 330 g/mol. The van der Waals surface area contributed by atoms with Crippen molar-refractivity contribution in [3.05, 3.63) is 71.1 Å². The van der Waals surface area contributed by atoms with E-state index in [1.54, 1.807) is 11.3 Å². The molecule has 1 fully saturated rings. The van der Waals surface area contributed by atoms with Crippen LogP contribution in [-0.2, 0) is 4.74 Å². The molecule has 0 bridgehead atoms. The highest BCUT2D eigenvalue weighted by molar-refractivity contribution is 7.17. The highest BCUT2D eigenvalue weighted by atomic mass is 32.1. The van der Waals surface area contributed by atoms with Gasteiger partial charge in [0.1, 0.15) is 0 Å². The monoisotopic (exact) mass is 351 g/mol. The largest absolute Gasteiger partial charge is 0.381 e. The van der Waals surface area contributed by atoms with Crippen LogP contribution in [0.3, 0.4) is 0 Å². The number of thiophene rings is 1. The van der Waals surface area contributed by atoms with E-state index >= 15 is 0 Å². The third-order valence-corrected chi connectivity index (χ3v) is 5.79. The maximum atomic E-state index is 13.0. The molecule has 3 nitrogen and oxygen atoms in total. The van der Waals surface area contributed by atoms with Gasteiger partial charge >= 0.3 is 0 Å². The molecule has 4 heteroatoms. The van der Waals surface area contributed by atoms with Crippen LogP contribution in [0.4, 0.5) is 0 Å². The minimum absolute atomic E-state index is 0.000758. The number of carbonyl (C=O) groups excluding carboxylic acids is 1. The second kappa shape index (κ2) is 7.38. The summed E-state index contributed by atoms with van der Waals surface area (Å²) in [5, 5.41) is 6.43. The molecule has 2 aromatic carbocycles. The zero-order valence-corrected chi connectivity index (χ0v) is 14.8. The first kappa shape index (κ1) is 16.3. The second-order valence-corrected chi connectivity index (χ2v) is 7.46. The van der Waals surface area contributed by atoms with Crippen molar-refractivity contribution < 1.29 is 9.53 Å². The van der Waals surface area contributed by atoms with E-state index < -0.39 is 0 Å². The minimum Gasteiger partial charge on any atom is -0.381 e. The average Bonchev–Trinajstić information content (AvgIpc) is 3.33. The zero-order valence-electron chi connectivity index (χ0n) is 14.0. The van der Waals surface area contributed by atoms with E-state index in [1.807, 2.05) is 41.8 Å². The van der Waals surface area contributed by atoms with Crippen LogP contribution in [-0.4, -0.2) is 19.1 Å². The van der Waals surface area contributed by atoms with E-state index in [2.05, 4.69) is 23.5 Å². The predicted octanol–water partition coefficient (Wildman–Crippen LogP) is 4.80. The summed E-state index contributed by atoms with van der Waals surface area (Å²) in [6.07, 6.45) is 1.98. The van der Waals surface area contributed by atoms with Crippen LogP contribution in [0.15, 0.2) is 60.0 Å². The molecule has 2 heterocycles. The molecule has 0 aliphatic carbocycles. The van der Waals surface area contributed by atoms with Gasteiger partial charge in [-0.25, -0.2) is 0 Å². The van der Waals surface area contributed by atoms with Crippen molar-refractivity contribution in [2.24, 2.45) is 5.92 Å². The number of hydrogen-bond donors (Lipinski definition) is 1. The summed E-state index contributed by atoms with van der Waals surface area (Å²) in [6, 6.07) is 18.2. The summed E-state index contributed by atoms with van der Waals surface area (Å²) in [4.78, 5) is 13.0. The fourth-order valence-corrected chi connectivity index (χ4v) is 4.38. The maximum absolute atomic E-state index is 13.0. The van der Waals surface area contributed by atoms with E-state index in [1.165, 1.54) is 0 Å². The van der Waals surface area contributed by atoms with Gasteiger partial charge in [0.05, 0.1) is 11.6 Å². The topological polar surface area (TPSA) is 38.3 Å². The second-order valence-electron chi connectivity index (χ2n) is 6.55. The van der Waals surface area contributed by atoms with E-state index in [0.29, 0.717) is 5.92 Å². The number of hydrogen-bond acceptors (Lipinski definition) is 3. The lowest BCUT2D eigenvalue weighted by Gasteiger charge is -2.22. The van der Waals surface area contributed by atoms with Crippen molar-refractivity contribution in [2.45, 2.75) is 18.9 Å². The predicted molar refractivity (Wildman–Crippen MR) is 102 cm³/mol. The van der Waals surface area contributed by atoms with E-state index in [-0.39, 0.29) is 11.9 Å². The van der Waals surface area contributed by atoms with Gasteiger partial charge in [0.25, 0.3) is 5.91 Å². The van der Waals surface area contributed by atoms with Crippen molar-refractivity contribution >= 4 is 27.3 Å². The van der Waals surface area contributed by atoms with E-state index in [0.717, 1.165) is 47.3 Å². The first-order valence-corrected chi connectivity index (χ1v) is 9.59. The molecule has 1 saturated heterocycles. The summed E-state index contributed by atoms with van der Waals surface area (Å²) < 4.78 is 6.57. The standard InChI is InChI=1S/C21H21NO2S/c23-21(18-8-4-7-17-10-12-25-20(17)18)22-19(13-15-9-11-24-14-15)16-5-2-1-3-6-16/h1-8,10,12,15,19H,9,11,13-14H2,(H,22,23). The molecule has 1 aliphatic heterocycles. The fraction of sp³-hybridized carbons (Fsp3) is 0.286. The SMILES string of the molecule is O=C(NC(CC1CCOC1)c1ccccc1)c1cccc2ccsc12. The molecule has 0 radical (unpaired) electrons. The Morgan fingerprint density at radius 2 is 2.04 bits per heavy atom. The Morgan fingerprint density at radius 3 is 2.84 bits per heavy atom. The third-order valence-electron chi connectivity index (χ3n) is 4.82. The highest BCUT2D eigenvalue weighted by Gasteiger charge is 2.24. The number of nitrogens with one attached hydrogen (secondary N) is 1. The van der Waals surface area contributed by atoms with Gasteiger partial charge in [0, 0.05) is 17.9 Å². The van der Waals surface area contributed by atoms with Crippen molar-refractivity contribution in [3.63, 3.8) is 0 Å². The van der Waals surface area contributed by atoms with Crippen LogP contribution >= 0.6 is 11.3 Å². The van der Waals surface area contributed by atoms with Gasteiger partial charge in [0.15, 0.2) is 0 Å². The molecule has 0 spiro atoms. The van der Waals surface area contributed by atoms with Crippen molar-refractivity contribution in [1.29, 1.82) is 0 Å². The summed E-state index contributed by atoms with van der Waals surface area (Å²) >= 11 is 1.62. The summed E-state index contributed by atoms with van der Waals surface area (Å²) in [5.41, 5.74) is 1.91. The van der Waals surface area contributed by atoms with Crippen molar-refractivity contribution in [2.75, 3.05) is 13.2 Å². The minimum atomic E-state index is 0.000758. The van der Waals surface area contributed by atoms with Gasteiger partial charge in [-0.05, 0) is 47.2 Å². The molecule has 1 amide bonds. The Kier molecular flexibility index (Phi) is 4.81. The van der Waals surface area contributed by atoms with Crippen LogP contribution in [0.1, 0.15) is 34.8 Å². The smallest absolute Gasteiger partial charge is 0.253 e. The number of carbonyl (C=O) groups is 1. The molecular formula is C21H21NO2S. The lowest BCUT2D eigenvalue weighted by Crippen LogP contribution is -2.30. The molecule has 4 rings (SSSR count). The lowest BCUT2D eigenvalue weighted by atomic mass is 9.94. The number of benzene rings is 2. The van der Waals surface area contributed by atoms with Gasteiger partial charge in [-0.15, -0.1) is 11.3 Å². The van der Waals surface area contributed by atoms with Gasteiger partial charge in [-0.3, -0.25) is 4.79 Å². The summed E-state index contributed by atoms with van der Waals surface area (Å²) in [6.45, 7) is 1.62. The summed E-state index contributed by atoms with van der Waals surface area (Å²) in [5.74, 6) is 0.504. The van der Waals surface area contributed by atoms with Crippen LogP contribution in [0.5, 0.6) is 0 Å². The van der Waals surface area contributed by atoms with Crippen molar-refractivity contribution in [3.8, 4) is 0 Å². The number of fused-ring (bicyclic) bond motifs is 1.